The van der Waals surface area contributed by atoms with E-state index in [1.54, 1.807) is 23.0 Å². The van der Waals surface area contributed by atoms with Crippen LogP contribution in [0.25, 0.3) is 5.69 Å². The summed E-state index contributed by atoms with van der Waals surface area (Å²) in [4.78, 5) is 12.3. The molecule has 0 aliphatic heterocycles. The van der Waals surface area contributed by atoms with E-state index >= 15 is 0 Å². The van der Waals surface area contributed by atoms with E-state index in [4.69, 9.17) is 0 Å². The van der Waals surface area contributed by atoms with Gasteiger partial charge in [-0.25, -0.2) is 9.07 Å². The molecule has 0 saturated carbocycles. The maximum atomic E-state index is 13.0. The smallest absolute Gasteiger partial charge is 0.254 e. The van der Waals surface area contributed by atoms with E-state index in [9.17, 15) is 9.18 Å². The fraction of sp³-hybridized carbons (Fsp3) is 0.375. The quantitative estimate of drug-likeness (QED) is 0.940. The lowest BCUT2D eigenvalue weighted by molar-refractivity contribution is 0.0930. The fourth-order valence-corrected chi connectivity index (χ4v) is 1.93. The van der Waals surface area contributed by atoms with Crippen molar-refractivity contribution in [2.75, 3.05) is 0 Å². The van der Waals surface area contributed by atoms with Gasteiger partial charge in [0.15, 0.2) is 0 Å². The number of hydrogen-bond donors (Lipinski definition) is 1. The number of amides is 1. The lowest BCUT2D eigenvalue weighted by atomic mass is 10.1. The lowest BCUT2D eigenvalue weighted by Crippen LogP contribution is -2.36. The van der Waals surface area contributed by atoms with Crippen molar-refractivity contribution in [1.29, 1.82) is 0 Å². The van der Waals surface area contributed by atoms with E-state index < -0.39 is 0 Å². The molecule has 1 aromatic heterocycles. The van der Waals surface area contributed by atoms with E-state index in [-0.39, 0.29) is 17.8 Å². The number of nitrogens with one attached hydrogen (secondary N) is 1. The fourth-order valence-electron chi connectivity index (χ4n) is 1.93. The average molecular weight is 289 g/mol. The SMILES string of the molecule is Cc1c(C(=O)NC(C)C(C)C)cnn1-c1ccc(F)cc1. The first kappa shape index (κ1) is 15.2. The molecule has 1 unspecified atom stereocenters. The molecule has 0 aliphatic rings. The molecule has 0 radical (unpaired) electrons. The number of rotatable bonds is 4. The average Bonchev–Trinajstić information content (AvgIpc) is 2.81. The Morgan fingerprint density at radius 3 is 2.43 bits per heavy atom. The van der Waals surface area contributed by atoms with Crippen molar-refractivity contribution in [1.82, 2.24) is 15.1 Å². The molecule has 1 amide bonds. The molecular formula is C16H20FN3O. The van der Waals surface area contributed by atoms with Crippen LogP contribution in [0.15, 0.2) is 30.5 Å². The Kier molecular flexibility index (Phi) is 4.40. The molecule has 4 nitrogen and oxygen atoms in total. The van der Waals surface area contributed by atoms with Gasteiger partial charge in [-0.1, -0.05) is 13.8 Å². The maximum absolute atomic E-state index is 13.0. The minimum atomic E-state index is -0.299. The molecule has 112 valence electrons. The third-order valence-corrected chi connectivity index (χ3v) is 3.68. The first-order chi connectivity index (χ1) is 9.90. The van der Waals surface area contributed by atoms with Crippen LogP contribution in [0, 0.1) is 18.7 Å². The van der Waals surface area contributed by atoms with Gasteiger partial charge >= 0.3 is 0 Å². The number of halogens is 1. The highest BCUT2D eigenvalue weighted by atomic mass is 19.1. The van der Waals surface area contributed by atoms with Crippen LogP contribution in [-0.4, -0.2) is 21.7 Å². The molecule has 2 aromatic rings. The zero-order valence-corrected chi connectivity index (χ0v) is 12.7. The summed E-state index contributed by atoms with van der Waals surface area (Å²) < 4.78 is 14.6. The molecule has 1 atom stereocenters. The second-order valence-corrected chi connectivity index (χ2v) is 5.54. The van der Waals surface area contributed by atoms with Crippen LogP contribution in [0.2, 0.25) is 0 Å². The highest BCUT2D eigenvalue weighted by Crippen LogP contribution is 2.15. The third-order valence-electron chi connectivity index (χ3n) is 3.68. The molecule has 1 heterocycles. The van der Waals surface area contributed by atoms with Gasteiger partial charge in [-0.3, -0.25) is 4.79 Å². The molecule has 5 heteroatoms. The van der Waals surface area contributed by atoms with Gasteiger partial charge in [0.05, 0.1) is 23.1 Å². The summed E-state index contributed by atoms with van der Waals surface area (Å²) in [7, 11) is 0. The highest BCUT2D eigenvalue weighted by Gasteiger charge is 2.18. The van der Waals surface area contributed by atoms with E-state index in [2.05, 4.69) is 24.3 Å². The molecule has 0 bridgehead atoms. The molecule has 0 aliphatic carbocycles. The van der Waals surface area contributed by atoms with Crippen molar-refractivity contribution in [2.24, 2.45) is 5.92 Å². The second kappa shape index (κ2) is 6.08. The zero-order chi connectivity index (χ0) is 15.6. The minimum absolute atomic E-state index is 0.0890. The summed E-state index contributed by atoms with van der Waals surface area (Å²) >= 11 is 0. The van der Waals surface area contributed by atoms with Gasteiger partial charge in [0.1, 0.15) is 5.82 Å². The van der Waals surface area contributed by atoms with Crippen molar-refractivity contribution in [2.45, 2.75) is 33.7 Å². The summed E-state index contributed by atoms with van der Waals surface area (Å²) in [6, 6.07) is 6.10. The van der Waals surface area contributed by atoms with Gasteiger partial charge in [0.25, 0.3) is 5.91 Å². The standard InChI is InChI=1S/C16H20FN3O/c1-10(2)11(3)19-16(21)15-9-18-20(12(15)4)14-7-5-13(17)6-8-14/h5-11H,1-4H3,(H,19,21). The van der Waals surface area contributed by atoms with Crippen molar-refractivity contribution < 1.29 is 9.18 Å². The number of aromatic nitrogens is 2. The summed E-state index contributed by atoms with van der Waals surface area (Å²) in [5.41, 5.74) is 1.99. The minimum Gasteiger partial charge on any atom is -0.349 e. The number of carbonyl (C=O) groups is 1. The van der Waals surface area contributed by atoms with Gasteiger partial charge < -0.3 is 5.32 Å². The number of nitrogens with zero attached hydrogens (tertiary/aromatic N) is 2. The Bertz CT molecular complexity index is 631. The van der Waals surface area contributed by atoms with Gasteiger partial charge in [-0.15, -0.1) is 0 Å². The van der Waals surface area contributed by atoms with E-state index in [1.807, 2.05) is 13.8 Å². The number of hydrogen-bond acceptors (Lipinski definition) is 2. The van der Waals surface area contributed by atoms with Crippen LogP contribution in [0.3, 0.4) is 0 Å². The van der Waals surface area contributed by atoms with Crippen LogP contribution in [0.5, 0.6) is 0 Å². The van der Waals surface area contributed by atoms with Gasteiger partial charge in [-0.2, -0.15) is 5.10 Å². The van der Waals surface area contributed by atoms with E-state index in [0.717, 1.165) is 11.4 Å². The monoisotopic (exact) mass is 289 g/mol. The molecule has 1 N–H and O–H groups in total. The van der Waals surface area contributed by atoms with E-state index in [1.165, 1.54) is 12.1 Å². The van der Waals surface area contributed by atoms with Crippen LogP contribution < -0.4 is 5.32 Å². The predicted octanol–water partition coefficient (Wildman–Crippen LogP) is 3.09. The Hall–Kier alpha value is -2.17. The first-order valence-electron chi connectivity index (χ1n) is 7.01. The van der Waals surface area contributed by atoms with Gasteiger partial charge in [-0.05, 0) is 44.0 Å². The zero-order valence-electron chi connectivity index (χ0n) is 12.7. The third kappa shape index (κ3) is 3.29. The van der Waals surface area contributed by atoms with Crippen molar-refractivity contribution >= 4 is 5.91 Å². The summed E-state index contributed by atoms with van der Waals surface area (Å²) in [5.74, 6) is -0.0734. The second-order valence-electron chi connectivity index (χ2n) is 5.54. The Morgan fingerprint density at radius 1 is 1.24 bits per heavy atom. The van der Waals surface area contributed by atoms with Crippen molar-refractivity contribution in [3.05, 3.63) is 47.5 Å². The van der Waals surface area contributed by atoms with Crippen LogP contribution >= 0.6 is 0 Å². The molecule has 1 aromatic carbocycles. The van der Waals surface area contributed by atoms with E-state index in [0.29, 0.717) is 11.5 Å². The Morgan fingerprint density at radius 2 is 1.86 bits per heavy atom. The largest absolute Gasteiger partial charge is 0.349 e. The van der Waals surface area contributed by atoms with Gasteiger partial charge in [0.2, 0.25) is 0 Å². The summed E-state index contributed by atoms with van der Waals surface area (Å²) in [5, 5.41) is 7.18. The number of carbonyl (C=O) groups excluding carboxylic acids is 1. The first-order valence-corrected chi connectivity index (χ1v) is 7.01. The molecular weight excluding hydrogens is 269 g/mol. The van der Waals surface area contributed by atoms with Crippen LogP contribution in [0.4, 0.5) is 4.39 Å². The molecule has 0 fully saturated rings. The summed E-state index contributed by atoms with van der Waals surface area (Å²) in [6.45, 7) is 7.91. The maximum Gasteiger partial charge on any atom is 0.254 e. The highest BCUT2D eigenvalue weighted by molar-refractivity contribution is 5.95. The van der Waals surface area contributed by atoms with Crippen LogP contribution in [0.1, 0.15) is 36.8 Å². The van der Waals surface area contributed by atoms with Gasteiger partial charge in [0, 0.05) is 6.04 Å². The Labute approximate surface area is 124 Å². The predicted molar refractivity (Wildman–Crippen MR) is 80.0 cm³/mol. The molecule has 0 spiro atoms. The topological polar surface area (TPSA) is 46.9 Å². The lowest BCUT2D eigenvalue weighted by Gasteiger charge is -2.17. The van der Waals surface area contributed by atoms with Crippen LogP contribution in [-0.2, 0) is 0 Å². The molecule has 0 saturated heterocycles. The van der Waals surface area contributed by atoms with Crippen molar-refractivity contribution in [3.63, 3.8) is 0 Å². The molecule has 2 rings (SSSR count). The Balaban J connectivity index is 2.24. The number of benzene rings is 1. The van der Waals surface area contributed by atoms with Crippen molar-refractivity contribution in [3.8, 4) is 5.69 Å². The normalized spacial score (nSPS) is 12.5. The molecule has 21 heavy (non-hydrogen) atoms. The summed E-state index contributed by atoms with van der Waals surface area (Å²) in [6.07, 6.45) is 1.54.